The van der Waals surface area contributed by atoms with Gasteiger partial charge in [0.1, 0.15) is 10.6 Å². The topological polar surface area (TPSA) is 74.2 Å². The molecule has 2 aromatic rings. The van der Waals surface area contributed by atoms with Crippen molar-refractivity contribution in [2.45, 2.75) is 38.1 Å². The van der Waals surface area contributed by atoms with Gasteiger partial charge in [0.25, 0.3) is 5.89 Å². The maximum atomic E-state index is 6.33. The van der Waals surface area contributed by atoms with Crippen molar-refractivity contribution in [1.82, 2.24) is 10.1 Å². The predicted molar refractivity (Wildman–Crippen MR) is 80.5 cm³/mol. The summed E-state index contributed by atoms with van der Waals surface area (Å²) in [5, 5.41) is 4.07. The van der Waals surface area contributed by atoms with Gasteiger partial charge in [-0.2, -0.15) is 4.98 Å². The fourth-order valence-corrected chi connectivity index (χ4v) is 3.44. The maximum Gasteiger partial charge on any atom is 0.271 e. The van der Waals surface area contributed by atoms with Gasteiger partial charge in [0.2, 0.25) is 0 Å². The summed E-state index contributed by atoms with van der Waals surface area (Å²) in [4.78, 5) is 6.51. The van der Waals surface area contributed by atoms with Gasteiger partial charge in [-0.05, 0) is 25.8 Å². The molecular weight excluding hydrogens is 298 g/mol. The number of thiophene rings is 1. The molecule has 0 aliphatic heterocycles. The molecule has 0 saturated heterocycles. The predicted octanol–water partition coefficient (Wildman–Crippen LogP) is 3.26. The molecule has 2 N–H and O–H groups in total. The second-order valence-corrected chi connectivity index (χ2v) is 6.30. The van der Waals surface area contributed by atoms with E-state index in [2.05, 4.69) is 10.1 Å². The molecule has 0 bridgehead atoms. The molecule has 0 unspecified atom stereocenters. The third kappa shape index (κ3) is 2.55. The summed E-state index contributed by atoms with van der Waals surface area (Å²) < 4.78 is 10.7. The Kier molecular flexibility index (Phi) is 4.36. The van der Waals surface area contributed by atoms with Gasteiger partial charge in [-0.1, -0.05) is 18.0 Å². The third-order valence-corrected chi connectivity index (χ3v) is 4.62. The number of aryl methyl sites for hydroxylation is 1. The molecule has 3 rings (SSSR count). The Bertz CT molecular complexity index is 590. The number of hydrogen-bond acceptors (Lipinski definition) is 6. The van der Waals surface area contributed by atoms with E-state index >= 15 is 0 Å². The van der Waals surface area contributed by atoms with Crippen molar-refractivity contribution in [3.8, 4) is 16.5 Å². The van der Waals surface area contributed by atoms with Gasteiger partial charge >= 0.3 is 0 Å². The minimum atomic E-state index is -0.415. The lowest BCUT2D eigenvalue weighted by Crippen LogP contribution is -2.34. The SMILES string of the molecule is COc1cc(C)sc1-c1nc(C2(N)CCCC2)no1.Cl. The van der Waals surface area contributed by atoms with Gasteiger partial charge in [0, 0.05) is 4.88 Å². The van der Waals surface area contributed by atoms with Gasteiger partial charge < -0.3 is 15.0 Å². The lowest BCUT2D eigenvalue weighted by Gasteiger charge is -2.17. The van der Waals surface area contributed by atoms with Crippen molar-refractivity contribution in [3.05, 3.63) is 16.8 Å². The molecule has 5 nitrogen and oxygen atoms in total. The van der Waals surface area contributed by atoms with Gasteiger partial charge in [-0.3, -0.25) is 0 Å². The highest BCUT2D eigenvalue weighted by Gasteiger charge is 2.36. The Balaban J connectivity index is 0.00000147. The quantitative estimate of drug-likeness (QED) is 0.941. The molecule has 1 saturated carbocycles. The monoisotopic (exact) mass is 315 g/mol. The number of ether oxygens (including phenoxy) is 1. The second-order valence-electron chi connectivity index (χ2n) is 5.04. The zero-order valence-electron chi connectivity index (χ0n) is 11.5. The molecule has 0 amide bonds. The van der Waals surface area contributed by atoms with Crippen LogP contribution in [0.4, 0.5) is 0 Å². The lowest BCUT2D eigenvalue weighted by molar-refractivity contribution is 0.371. The standard InChI is InChI=1S/C13H17N3O2S.ClH/c1-8-7-9(17-2)10(19-8)11-15-12(16-18-11)13(14)5-3-4-6-13;/h7H,3-6,14H2,1-2H3;1H. The van der Waals surface area contributed by atoms with Gasteiger partial charge in [0.15, 0.2) is 5.82 Å². The van der Waals surface area contributed by atoms with E-state index in [1.807, 2.05) is 13.0 Å². The van der Waals surface area contributed by atoms with Gasteiger partial charge in [0.05, 0.1) is 12.6 Å². The van der Waals surface area contributed by atoms with Crippen LogP contribution in [0.2, 0.25) is 0 Å². The van der Waals surface area contributed by atoms with Crippen LogP contribution in [0.15, 0.2) is 10.6 Å². The van der Waals surface area contributed by atoms with Crippen LogP contribution in [0.25, 0.3) is 10.8 Å². The minimum absolute atomic E-state index is 0. The summed E-state index contributed by atoms with van der Waals surface area (Å²) in [7, 11) is 1.64. The zero-order valence-corrected chi connectivity index (χ0v) is 13.1. The van der Waals surface area contributed by atoms with Crippen molar-refractivity contribution in [1.29, 1.82) is 0 Å². The first-order valence-electron chi connectivity index (χ1n) is 6.40. The molecule has 0 atom stereocenters. The van der Waals surface area contributed by atoms with Crippen molar-refractivity contribution < 1.29 is 9.26 Å². The Hall–Kier alpha value is -1.11. The fraction of sp³-hybridized carbons (Fsp3) is 0.538. The van der Waals surface area contributed by atoms with E-state index in [4.69, 9.17) is 15.0 Å². The van der Waals surface area contributed by atoms with Crippen LogP contribution in [0.3, 0.4) is 0 Å². The molecule has 110 valence electrons. The van der Waals surface area contributed by atoms with E-state index in [1.54, 1.807) is 18.4 Å². The summed E-state index contributed by atoms with van der Waals surface area (Å²) in [5.74, 6) is 1.89. The van der Waals surface area contributed by atoms with Gasteiger partial charge in [-0.15, -0.1) is 23.7 Å². The molecule has 2 aromatic heterocycles. The molecule has 0 aromatic carbocycles. The maximum absolute atomic E-state index is 6.33. The first kappa shape index (κ1) is 15.3. The van der Waals surface area contributed by atoms with Crippen LogP contribution in [0, 0.1) is 6.92 Å². The molecule has 1 aliphatic rings. The minimum Gasteiger partial charge on any atom is -0.495 e. The Morgan fingerprint density at radius 1 is 1.40 bits per heavy atom. The van der Waals surface area contributed by atoms with Crippen molar-refractivity contribution in [2.75, 3.05) is 7.11 Å². The van der Waals surface area contributed by atoms with E-state index in [1.165, 1.54) is 0 Å². The van der Waals surface area contributed by atoms with Crippen LogP contribution in [0.1, 0.15) is 36.4 Å². The van der Waals surface area contributed by atoms with Crippen molar-refractivity contribution in [3.63, 3.8) is 0 Å². The summed E-state index contributed by atoms with van der Waals surface area (Å²) in [5.41, 5.74) is 5.92. The first-order chi connectivity index (χ1) is 9.12. The fourth-order valence-electron chi connectivity index (χ4n) is 2.54. The molecular formula is C13H18ClN3O2S. The summed E-state index contributed by atoms with van der Waals surface area (Å²) >= 11 is 1.58. The number of methoxy groups -OCH3 is 1. The normalized spacial score (nSPS) is 16.9. The van der Waals surface area contributed by atoms with E-state index in [9.17, 15) is 0 Å². The highest BCUT2D eigenvalue weighted by atomic mass is 35.5. The summed E-state index contributed by atoms with van der Waals surface area (Å²) in [6.45, 7) is 2.02. The second kappa shape index (κ2) is 5.71. The van der Waals surface area contributed by atoms with Gasteiger partial charge in [-0.25, -0.2) is 0 Å². The van der Waals surface area contributed by atoms with Crippen molar-refractivity contribution in [2.24, 2.45) is 5.73 Å². The van der Waals surface area contributed by atoms with Crippen LogP contribution in [-0.2, 0) is 5.54 Å². The average molecular weight is 316 g/mol. The average Bonchev–Trinajstić information content (AvgIpc) is 3.07. The Morgan fingerprint density at radius 2 is 2.10 bits per heavy atom. The zero-order chi connectivity index (χ0) is 13.5. The third-order valence-electron chi connectivity index (χ3n) is 3.60. The highest BCUT2D eigenvalue weighted by molar-refractivity contribution is 7.15. The number of aromatic nitrogens is 2. The number of rotatable bonds is 3. The van der Waals surface area contributed by atoms with E-state index in [0.29, 0.717) is 11.7 Å². The van der Waals surface area contributed by atoms with Crippen LogP contribution >= 0.6 is 23.7 Å². The lowest BCUT2D eigenvalue weighted by atomic mass is 9.99. The molecule has 2 heterocycles. The van der Waals surface area contributed by atoms with E-state index in [0.717, 1.165) is 41.2 Å². The molecule has 0 spiro atoms. The Labute approximate surface area is 127 Å². The molecule has 1 fully saturated rings. The largest absolute Gasteiger partial charge is 0.495 e. The number of nitrogens with two attached hydrogens (primary N) is 1. The molecule has 7 heteroatoms. The van der Waals surface area contributed by atoms with E-state index < -0.39 is 5.54 Å². The van der Waals surface area contributed by atoms with Crippen LogP contribution in [0.5, 0.6) is 5.75 Å². The molecule has 1 aliphatic carbocycles. The molecule has 20 heavy (non-hydrogen) atoms. The first-order valence-corrected chi connectivity index (χ1v) is 7.22. The summed E-state index contributed by atoms with van der Waals surface area (Å²) in [6.07, 6.45) is 4.10. The number of halogens is 1. The highest BCUT2D eigenvalue weighted by Crippen LogP contribution is 2.39. The van der Waals surface area contributed by atoms with Crippen LogP contribution in [-0.4, -0.2) is 17.3 Å². The Morgan fingerprint density at radius 3 is 2.75 bits per heavy atom. The van der Waals surface area contributed by atoms with Crippen molar-refractivity contribution >= 4 is 23.7 Å². The van der Waals surface area contributed by atoms with E-state index in [-0.39, 0.29) is 12.4 Å². The number of nitrogens with zero attached hydrogens (tertiary/aromatic N) is 2. The molecule has 0 radical (unpaired) electrons. The smallest absolute Gasteiger partial charge is 0.271 e. The van der Waals surface area contributed by atoms with Crippen LogP contribution < -0.4 is 10.5 Å². The number of hydrogen-bond donors (Lipinski definition) is 1. The summed E-state index contributed by atoms with van der Waals surface area (Å²) in [6, 6.07) is 1.97.